The topological polar surface area (TPSA) is 35.5 Å². The van der Waals surface area contributed by atoms with E-state index in [1.165, 1.54) is 7.11 Å². The lowest BCUT2D eigenvalue weighted by Crippen LogP contribution is -2.16. The number of hydrogen-bond donors (Lipinski definition) is 0. The molecule has 0 aromatic rings. The highest BCUT2D eigenvalue weighted by molar-refractivity contribution is 5.80. The Morgan fingerprint density at radius 2 is 2.00 bits per heavy atom. The summed E-state index contributed by atoms with van der Waals surface area (Å²) >= 11 is 0. The predicted octanol–water partition coefficient (Wildman–Crippen LogP) is 0.874. The van der Waals surface area contributed by atoms with Crippen molar-refractivity contribution >= 4 is 5.78 Å². The highest BCUT2D eigenvalue weighted by Gasteiger charge is 2.01. The Labute approximate surface area is 67.7 Å². The predicted molar refractivity (Wildman–Crippen MR) is 42.5 cm³/mol. The molecule has 3 nitrogen and oxygen atoms in total. The first kappa shape index (κ1) is 10.6. The van der Waals surface area contributed by atoms with Crippen LogP contribution in [0.1, 0.15) is 13.8 Å². The van der Waals surface area contributed by atoms with Gasteiger partial charge in [0.1, 0.15) is 13.2 Å². The van der Waals surface area contributed by atoms with Crippen molar-refractivity contribution < 1.29 is 14.3 Å². The van der Waals surface area contributed by atoms with E-state index >= 15 is 0 Å². The molecule has 0 bridgehead atoms. The summed E-state index contributed by atoms with van der Waals surface area (Å²) < 4.78 is 9.71. The number of ketones is 1. The standard InChI is InChI=1S/C8H16O3/c1-7(2)4-11-6-8(9)5-10-3/h7H,4-6H2,1-3H3. The van der Waals surface area contributed by atoms with Gasteiger partial charge in [-0.2, -0.15) is 0 Å². The summed E-state index contributed by atoms with van der Waals surface area (Å²) in [5.41, 5.74) is 0. The molecule has 0 fully saturated rings. The summed E-state index contributed by atoms with van der Waals surface area (Å²) in [4.78, 5) is 10.8. The van der Waals surface area contributed by atoms with Crippen LogP contribution in [0.2, 0.25) is 0 Å². The normalized spacial score (nSPS) is 10.5. The summed E-state index contributed by atoms with van der Waals surface area (Å²) in [5.74, 6) is 0.471. The van der Waals surface area contributed by atoms with E-state index in [0.717, 1.165) is 0 Å². The zero-order valence-electron chi connectivity index (χ0n) is 7.42. The third-order valence-electron chi connectivity index (χ3n) is 1.02. The molecule has 0 rings (SSSR count). The average Bonchev–Trinajstić information content (AvgIpc) is 1.87. The summed E-state index contributed by atoms with van der Waals surface area (Å²) in [7, 11) is 1.50. The van der Waals surface area contributed by atoms with Crippen molar-refractivity contribution in [2.24, 2.45) is 5.92 Å². The molecule has 3 heteroatoms. The van der Waals surface area contributed by atoms with Crippen molar-refractivity contribution in [3.05, 3.63) is 0 Å². The van der Waals surface area contributed by atoms with Gasteiger partial charge in [0.05, 0.1) is 0 Å². The van der Waals surface area contributed by atoms with Crippen LogP contribution in [0.3, 0.4) is 0 Å². The lowest BCUT2D eigenvalue weighted by atomic mass is 10.2. The van der Waals surface area contributed by atoms with E-state index in [4.69, 9.17) is 4.74 Å². The van der Waals surface area contributed by atoms with Crippen LogP contribution in [0.5, 0.6) is 0 Å². The van der Waals surface area contributed by atoms with Crippen molar-refractivity contribution in [1.82, 2.24) is 0 Å². The molecule has 0 radical (unpaired) electrons. The molecule has 0 atom stereocenters. The first-order chi connectivity index (χ1) is 5.16. The number of Topliss-reactive ketones (excluding diaryl/α,β-unsaturated/α-hetero) is 1. The molecule has 0 saturated carbocycles. The minimum Gasteiger partial charge on any atom is -0.377 e. The number of ether oxygens (including phenoxy) is 2. The maximum atomic E-state index is 10.8. The van der Waals surface area contributed by atoms with Crippen molar-refractivity contribution in [1.29, 1.82) is 0 Å². The first-order valence-electron chi connectivity index (χ1n) is 3.75. The molecule has 0 aromatic carbocycles. The fourth-order valence-corrected chi connectivity index (χ4v) is 0.611. The van der Waals surface area contributed by atoms with Gasteiger partial charge in [0.2, 0.25) is 0 Å². The maximum Gasteiger partial charge on any atom is 0.183 e. The highest BCUT2D eigenvalue weighted by Crippen LogP contribution is 1.91. The van der Waals surface area contributed by atoms with Crippen LogP contribution in [0.4, 0.5) is 0 Å². The van der Waals surface area contributed by atoms with Gasteiger partial charge in [0.25, 0.3) is 0 Å². The Balaban J connectivity index is 3.17. The van der Waals surface area contributed by atoms with E-state index in [0.29, 0.717) is 12.5 Å². The second-order valence-corrected chi connectivity index (χ2v) is 2.88. The average molecular weight is 160 g/mol. The summed E-state index contributed by atoms with van der Waals surface area (Å²) in [6.07, 6.45) is 0. The lowest BCUT2D eigenvalue weighted by molar-refractivity contribution is -0.127. The van der Waals surface area contributed by atoms with Gasteiger partial charge in [-0.1, -0.05) is 13.8 Å². The Bertz CT molecular complexity index is 110. The number of methoxy groups -OCH3 is 1. The molecule has 66 valence electrons. The molecule has 0 aliphatic heterocycles. The van der Waals surface area contributed by atoms with E-state index in [9.17, 15) is 4.79 Å². The molecule has 0 aliphatic rings. The third-order valence-corrected chi connectivity index (χ3v) is 1.02. The number of carbonyl (C=O) groups excluding carboxylic acids is 1. The van der Waals surface area contributed by atoms with Crippen LogP contribution in [0, 0.1) is 5.92 Å². The molecular weight excluding hydrogens is 144 g/mol. The van der Waals surface area contributed by atoms with Crippen molar-refractivity contribution in [2.45, 2.75) is 13.8 Å². The Hall–Kier alpha value is -0.410. The largest absolute Gasteiger partial charge is 0.377 e. The zero-order chi connectivity index (χ0) is 8.69. The van der Waals surface area contributed by atoms with E-state index in [-0.39, 0.29) is 19.0 Å². The fourth-order valence-electron chi connectivity index (χ4n) is 0.611. The van der Waals surface area contributed by atoms with Gasteiger partial charge in [0, 0.05) is 13.7 Å². The van der Waals surface area contributed by atoms with Gasteiger partial charge in [-0.3, -0.25) is 4.79 Å². The van der Waals surface area contributed by atoms with Gasteiger partial charge in [0.15, 0.2) is 5.78 Å². The van der Waals surface area contributed by atoms with Crippen molar-refractivity contribution in [2.75, 3.05) is 26.9 Å². The monoisotopic (exact) mass is 160 g/mol. The van der Waals surface area contributed by atoms with Crippen LogP contribution < -0.4 is 0 Å². The third kappa shape index (κ3) is 7.49. The Morgan fingerprint density at radius 1 is 1.36 bits per heavy atom. The molecule has 0 aliphatic carbocycles. The van der Waals surface area contributed by atoms with Crippen LogP contribution in [0.25, 0.3) is 0 Å². The SMILES string of the molecule is COCC(=O)COCC(C)C. The summed E-state index contributed by atoms with van der Waals surface area (Å²) in [6.45, 7) is 5.04. The molecule has 11 heavy (non-hydrogen) atoms. The first-order valence-corrected chi connectivity index (χ1v) is 3.75. The minimum atomic E-state index is -0.00634. The molecule has 0 unspecified atom stereocenters. The van der Waals surface area contributed by atoms with Crippen LogP contribution in [-0.4, -0.2) is 32.7 Å². The quantitative estimate of drug-likeness (QED) is 0.578. The highest BCUT2D eigenvalue weighted by atomic mass is 16.5. The molecule has 0 amide bonds. The Morgan fingerprint density at radius 3 is 2.45 bits per heavy atom. The van der Waals surface area contributed by atoms with Crippen molar-refractivity contribution in [3.8, 4) is 0 Å². The smallest absolute Gasteiger partial charge is 0.183 e. The van der Waals surface area contributed by atoms with E-state index < -0.39 is 0 Å². The second kappa shape index (κ2) is 6.31. The Kier molecular flexibility index (Phi) is 6.07. The number of carbonyl (C=O) groups is 1. The molecule has 0 heterocycles. The molecule has 0 aromatic heterocycles. The van der Waals surface area contributed by atoms with E-state index in [1.54, 1.807) is 0 Å². The number of rotatable bonds is 6. The van der Waals surface area contributed by atoms with Gasteiger partial charge >= 0.3 is 0 Å². The van der Waals surface area contributed by atoms with Gasteiger partial charge in [-0.05, 0) is 5.92 Å². The zero-order valence-corrected chi connectivity index (χ0v) is 7.42. The summed E-state index contributed by atoms with van der Waals surface area (Å²) in [5, 5.41) is 0. The van der Waals surface area contributed by atoms with Crippen LogP contribution in [0.15, 0.2) is 0 Å². The van der Waals surface area contributed by atoms with Crippen molar-refractivity contribution in [3.63, 3.8) is 0 Å². The molecule has 0 N–H and O–H groups in total. The number of hydrogen-bond acceptors (Lipinski definition) is 3. The fraction of sp³-hybridized carbons (Fsp3) is 0.875. The van der Waals surface area contributed by atoms with E-state index in [2.05, 4.69) is 4.74 Å². The van der Waals surface area contributed by atoms with Crippen LogP contribution in [-0.2, 0) is 14.3 Å². The van der Waals surface area contributed by atoms with Gasteiger partial charge in [-0.15, -0.1) is 0 Å². The summed E-state index contributed by atoms with van der Waals surface area (Å²) in [6, 6.07) is 0. The lowest BCUT2D eigenvalue weighted by Gasteiger charge is -2.04. The van der Waals surface area contributed by atoms with Gasteiger partial charge in [-0.25, -0.2) is 0 Å². The molecule has 0 spiro atoms. The maximum absolute atomic E-state index is 10.8. The van der Waals surface area contributed by atoms with Gasteiger partial charge < -0.3 is 9.47 Å². The van der Waals surface area contributed by atoms with E-state index in [1.807, 2.05) is 13.8 Å². The van der Waals surface area contributed by atoms with Crippen LogP contribution >= 0.6 is 0 Å². The second-order valence-electron chi connectivity index (χ2n) is 2.88. The minimum absolute atomic E-state index is 0.00634. The molecular formula is C8H16O3. The molecule has 0 saturated heterocycles.